The predicted octanol–water partition coefficient (Wildman–Crippen LogP) is 2.43. The molecule has 0 bridgehead atoms. The number of carbonyl (C=O) groups excluding carboxylic acids is 1. The average Bonchev–Trinajstić information content (AvgIpc) is 2.40. The molecule has 18 heavy (non-hydrogen) atoms. The zero-order valence-corrected chi connectivity index (χ0v) is 10.8. The second kappa shape index (κ2) is 5.87. The first-order valence-electron chi connectivity index (χ1n) is 6.27. The van der Waals surface area contributed by atoms with Crippen LogP contribution in [-0.4, -0.2) is 36.3 Å². The fraction of sp³-hybridized carbons (Fsp3) is 0.500. The number of morpholine rings is 1. The summed E-state index contributed by atoms with van der Waals surface area (Å²) in [6.45, 7) is 5.44. The van der Waals surface area contributed by atoms with Gasteiger partial charge in [-0.2, -0.15) is 0 Å². The number of nitrogens with zero attached hydrogens (tertiary/aromatic N) is 1. The third-order valence-electron chi connectivity index (χ3n) is 3.32. The van der Waals surface area contributed by atoms with Crippen molar-refractivity contribution >= 4 is 6.09 Å². The molecule has 2 unspecified atom stereocenters. The highest BCUT2D eigenvalue weighted by molar-refractivity contribution is 5.68. The van der Waals surface area contributed by atoms with Gasteiger partial charge >= 0.3 is 6.09 Å². The van der Waals surface area contributed by atoms with E-state index in [-0.39, 0.29) is 18.2 Å². The smallest absolute Gasteiger partial charge is 0.410 e. The van der Waals surface area contributed by atoms with Crippen LogP contribution in [0.4, 0.5) is 4.79 Å². The third-order valence-corrected chi connectivity index (χ3v) is 3.32. The molecule has 4 nitrogen and oxygen atoms in total. The Balaban J connectivity index is 1.88. The lowest BCUT2D eigenvalue weighted by Gasteiger charge is -2.36. The number of amides is 1. The maximum atomic E-state index is 12.0. The summed E-state index contributed by atoms with van der Waals surface area (Å²) in [6, 6.07) is 9.75. The normalized spacial score (nSPS) is 23.8. The molecule has 0 N–H and O–H groups in total. The van der Waals surface area contributed by atoms with E-state index < -0.39 is 0 Å². The second-order valence-corrected chi connectivity index (χ2v) is 4.55. The molecular formula is C14H19NO3. The Hall–Kier alpha value is -1.55. The molecule has 2 rings (SSSR count). The first-order chi connectivity index (χ1) is 8.68. The number of benzene rings is 1. The summed E-state index contributed by atoms with van der Waals surface area (Å²) in [5.41, 5.74) is 1.000. The Morgan fingerprint density at radius 3 is 2.83 bits per heavy atom. The van der Waals surface area contributed by atoms with Gasteiger partial charge in [0.05, 0.1) is 18.8 Å². The van der Waals surface area contributed by atoms with Crippen LogP contribution in [0.15, 0.2) is 30.3 Å². The topological polar surface area (TPSA) is 38.8 Å². The van der Waals surface area contributed by atoms with E-state index in [1.54, 1.807) is 4.90 Å². The summed E-state index contributed by atoms with van der Waals surface area (Å²) in [4.78, 5) is 13.7. The number of carbonyl (C=O) groups is 1. The molecule has 1 saturated heterocycles. The van der Waals surface area contributed by atoms with E-state index in [2.05, 4.69) is 0 Å². The average molecular weight is 249 g/mol. The highest BCUT2D eigenvalue weighted by Crippen LogP contribution is 2.15. The number of rotatable bonds is 2. The van der Waals surface area contributed by atoms with Gasteiger partial charge in [0.15, 0.2) is 0 Å². The first kappa shape index (κ1) is 12.9. The largest absolute Gasteiger partial charge is 0.445 e. The van der Waals surface area contributed by atoms with Gasteiger partial charge in [-0.15, -0.1) is 0 Å². The van der Waals surface area contributed by atoms with Crippen molar-refractivity contribution < 1.29 is 14.3 Å². The van der Waals surface area contributed by atoms with Crippen LogP contribution in [0.25, 0.3) is 0 Å². The van der Waals surface area contributed by atoms with Crippen LogP contribution in [0.5, 0.6) is 0 Å². The lowest BCUT2D eigenvalue weighted by atomic mass is 10.1. The van der Waals surface area contributed by atoms with E-state index in [4.69, 9.17) is 9.47 Å². The lowest BCUT2D eigenvalue weighted by molar-refractivity contribution is -0.0517. The van der Waals surface area contributed by atoms with Gasteiger partial charge in [-0.05, 0) is 19.4 Å². The van der Waals surface area contributed by atoms with Crippen molar-refractivity contribution in [3.63, 3.8) is 0 Å². The quantitative estimate of drug-likeness (QED) is 0.808. The molecule has 0 radical (unpaired) electrons. The monoisotopic (exact) mass is 249 g/mol. The van der Waals surface area contributed by atoms with Crippen molar-refractivity contribution in [2.75, 3.05) is 13.2 Å². The summed E-state index contributed by atoms with van der Waals surface area (Å²) >= 11 is 0. The molecule has 0 aliphatic carbocycles. The van der Waals surface area contributed by atoms with Crippen LogP contribution in [0.1, 0.15) is 19.4 Å². The van der Waals surface area contributed by atoms with Gasteiger partial charge in [0.2, 0.25) is 0 Å². The minimum Gasteiger partial charge on any atom is -0.445 e. The summed E-state index contributed by atoms with van der Waals surface area (Å²) in [5.74, 6) is 0. The third kappa shape index (κ3) is 3.01. The Kier molecular flexibility index (Phi) is 4.20. The van der Waals surface area contributed by atoms with Crippen molar-refractivity contribution in [2.45, 2.75) is 32.6 Å². The Morgan fingerprint density at radius 1 is 1.39 bits per heavy atom. The maximum absolute atomic E-state index is 12.0. The Bertz CT molecular complexity index is 393. The summed E-state index contributed by atoms with van der Waals surface area (Å²) in [5, 5.41) is 0. The maximum Gasteiger partial charge on any atom is 0.410 e. The fourth-order valence-electron chi connectivity index (χ4n) is 1.99. The van der Waals surface area contributed by atoms with E-state index >= 15 is 0 Å². The highest BCUT2D eigenvalue weighted by atomic mass is 16.6. The molecule has 1 aliphatic heterocycles. The number of hydrogen-bond donors (Lipinski definition) is 0. The van der Waals surface area contributed by atoms with Gasteiger partial charge < -0.3 is 14.4 Å². The van der Waals surface area contributed by atoms with Crippen molar-refractivity contribution in [3.05, 3.63) is 35.9 Å². The van der Waals surface area contributed by atoms with Gasteiger partial charge in [-0.3, -0.25) is 0 Å². The van der Waals surface area contributed by atoms with Crippen LogP contribution in [-0.2, 0) is 16.1 Å². The zero-order chi connectivity index (χ0) is 13.0. The molecule has 1 heterocycles. The molecule has 1 amide bonds. The van der Waals surface area contributed by atoms with E-state index in [1.165, 1.54) is 0 Å². The highest BCUT2D eigenvalue weighted by Gasteiger charge is 2.29. The van der Waals surface area contributed by atoms with Crippen LogP contribution in [0, 0.1) is 0 Å². The van der Waals surface area contributed by atoms with E-state index in [0.717, 1.165) is 5.56 Å². The summed E-state index contributed by atoms with van der Waals surface area (Å²) in [7, 11) is 0. The lowest BCUT2D eigenvalue weighted by Crippen LogP contribution is -2.51. The standard InChI is InChI=1S/C14H19NO3/c1-11-12(2)17-9-8-15(11)14(16)18-10-13-6-4-3-5-7-13/h3-7,11-12H,8-10H2,1-2H3. The molecule has 0 spiro atoms. The van der Waals surface area contributed by atoms with Gasteiger partial charge in [-0.1, -0.05) is 30.3 Å². The molecule has 98 valence electrons. The van der Waals surface area contributed by atoms with Crippen molar-refractivity contribution in [2.24, 2.45) is 0 Å². The van der Waals surface area contributed by atoms with Crippen LogP contribution in [0.3, 0.4) is 0 Å². The molecule has 1 aromatic rings. The Labute approximate surface area is 107 Å². The van der Waals surface area contributed by atoms with Gasteiger partial charge in [0.1, 0.15) is 6.61 Å². The number of ether oxygens (including phenoxy) is 2. The van der Waals surface area contributed by atoms with E-state index in [1.807, 2.05) is 44.2 Å². The molecule has 1 aliphatic rings. The molecule has 0 aromatic heterocycles. The zero-order valence-electron chi connectivity index (χ0n) is 10.8. The fourth-order valence-corrected chi connectivity index (χ4v) is 1.99. The predicted molar refractivity (Wildman–Crippen MR) is 68.2 cm³/mol. The first-order valence-corrected chi connectivity index (χ1v) is 6.27. The minimum atomic E-state index is -0.262. The van der Waals surface area contributed by atoms with Crippen LogP contribution < -0.4 is 0 Å². The summed E-state index contributed by atoms with van der Waals surface area (Å²) < 4.78 is 10.8. The van der Waals surface area contributed by atoms with Gasteiger partial charge in [-0.25, -0.2) is 4.79 Å². The van der Waals surface area contributed by atoms with Crippen LogP contribution >= 0.6 is 0 Å². The molecule has 4 heteroatoms. The van der Waals surface area contributed by atoms with Crippen molar-refractivity contribution in [1.82, 2.24) is 4.90 Å². The van der Waals surface area contributed by atoms with Crippen molar-refractivity contribution in [3.8, 4) is 0 Å². The molecule has 1 fully saturated rings. The molecule has 1 aromatic carbocycles. The minimum absolute atomic E-state index is 0.0574. The van der Waals surface area contributed by atoms with Gasteiger partial charge in [0, 0.05) is 6.54 Å². The second-order valence-electron chi connectivity index (χ2n) is 4.55. The molecule has 2 atom stereocenters. The number of hydrogen-bond acceptors (Lipinski definition) is 3. The molecular weight excluding hydrogens is 230 g/mol. The van der Waals surface area contributed by atoms with Crippen molar-refractivity contribution in [1.29, 1.82) is 0 Å². The van der Waals surface area contributed by atoms with E-state index in [0.29, 0.717) is 19.8 Å². The SMILES string of the molecule is CC1OCCN(C(=O)OCc2ccccc2)C1C. The summed E-state index contributed by atoms with van der Waals surface area (Å²) in [6.07, 6.45) is -0.204. The Morgan fingerprint density at radius 2 is 2.11 bits per heavy atom. The van der Waals surface area contributed by atoms with Gasteiger partial charge in [0.25, 0.3) is 0 Å². The van der Waals surface area contributed by atoms with E-state index in [9.17, 15) is 4.79 Å². The van der Waals surface area contributed by atoms with Crippen LogP contribution in [0.2, 0.25) is 0 Å². The molecule has 0 saturated carbocycles.